The van der Waals surface area contributed by atoms with Crippen molar-refractivity contribution in [3.8, 4) is 0 Å². The van der Waals surface area contributed by atoms with Gasteiger partial charge in [0, 0.05) is 24.2 Å². The van der Waals surface area contributed by atoms with E-state index >= 15 is 0 Å². The molecule has 0 aromatic heterocycles. The molecule has 0 bridgehead atoms. The molecular formula is C14H14N4O6. The van der Waals surface area contributed by atoms with E-state index in [2.05, 4.69) is 10.0 Å². The number of methoxy groups -OCH3 is 1. The fourth-order valence-corrected chi connectivity index (χ4v) is 2.03. The van der Waals surface area contributed by atoms with Crippen LogP contribution in [0.25, 0.3) is 10.4 Å². The summed E-state index contributed by atoms with van der Waals surface area (Å²) in [7, 11) is 1.45. The standard InChI is InChI=1S/C14H14N4O6/c1-22-13-7-6-11(16-17-15)12(24-13)8-23-14(19)9-2-4-10(5-3-9)18(20)21/h2-7,11-13H,8H2,1H3/t11-,12-,13+/m1/s1. The van der Waals surface area contributed by atoms with Crippen LogP contribution in [-0.2, 0) is 14.2 Å². The van der Waals surface area contributed by atoms with Crippen LogP contribution in [0.15, 0.2) is 41.5 Å². The highest BCUT2D eigenvalue weighted by Crippen LogP contribution is 2.18. The number of rotatable bonds is 6. The van der Waals surface area contributed by atoms with E-state index in [1.165, 1.54) is 31.4 Å². The fraction of sp³-hybridized carbons (Fsp3) is 0.357. The maximum atomic E-state index is 12.0. The van der Waals surface area contributed by atoms with Crippen molar-refractivity contribution >= 4 is 11.7 Å². The van der Waals surface area contributed by atoms with E-state index in [1.54, 1.807) is 12.2 Å². The van der Waals surface area contributed by atoms with Crippen molar-refractivity contribution in [1.29, 1.82) is 0 Å². The summed E-state index contributed by atoms with van der Waals surface area (Å²) in [5.74, 6) is -0.670. The second-order valence-corrected chi connectivity index (χ2v) is 4.76. The van der Waals surface area contributed by atoms with E-state index < -0.39 is 29.3 Å². The van der Waals surface area contributed by atoms with Crippen LogP contribution in [0.2, 0.25) is 0 Å². The number of non-ortho nitro benzene ring substituents is 1. The van der Waals surface area contributed by atoms with E-state index in [9.17, 15) is 14.9 Å². The second-order valence-electron chi connectivity index (χ2n) is 4.76. The Kier molecular flexibility index (Phi) is 5.85. The van der Waals surface area contributed by atoms with Crippen molar-refractivity contribution < 1.29 is 23.9 Å². The number of carbonyl (C=O) groups is 1. The molecule has 0 aliphatic carbocycles. The van der Waals surface area contributed by atoms with Crippen LogP contribution < -0.4 is 0 Å². The van der Waals surface area contributed by atoms with Crippen LogP contribution in [0.5, 0.6) is 0 Å². The van der Waals surface area contributed by atoms with E-state index in [4.69, 9.17) is 19.7 Å². The van der Waals surface area contributed by atoms with Crippen LogP contribution in [0.3, 0.4) is 0 Å². The number of hydrogen-bond acceptors (Lipinski definition) is 7. The van der Waals surface area contributed by atoms with E-state index in [1.807, 2.05) is 0 Å². The number of carbonyl (C=O) groups excluding carboxylic acids is 1. The smallest absolute Gasteiger partial charge is 0.338 e. The van der Waals surface area contributed by atoms with Crippen LogP contribution in [0.4, 0.5) is 5.69 Å². The van der Waals surface area contributed by atoms with Crippen molar-refractivity contribution in [2.24, 2.45) is 5.11 Å². The maximum Gasteiger partial charge on any atom is 0.338 e. The Bertz CT molecular complexity index is 683. The van der Waals surface area contributed by atoms with Crippen LogP contribution in [-0.4, -0.2) is 43.0 Å². The highest BCUT2D eigenvalue weighted by Gasteiger charge is 2.28. The predicted molar refractivity (Wildman–Crippen MR) is 81.1 cm³/mol. The normalized spacial score (nSPS) is 22.5. The van der Waals surface area contributed by atoms with Crippen molar-refractivity contribution in [2.75, 3.05) is 13.7 Å². The summed E-state index contributed by atoms with van der Waals surface area (Å²) in [6.45, 7) is -0.163. The first-order valence-electron chi connectivity index (χ1n) is 6.87. The van der Waals surface area contributed by atoms with E-state index in [0.717, 1.165) is 0 Å². The summed E-state index contributed by atoms with van der Waals surface area (Å²) in [5, 5.41) is 14.1. The Balaban J connectivity index is 1.99. The van der Waals surface area contributed by atoms with Crippen molar-refractivity contribution in [3.05, 3.63) is 62.5 Å². The number of benzene rings is 1. The third-order valence-electron chi connectivity index (χ3n) is 3.27. The first-order valence-corrected chi connectivity index (χ1v) is 6.87. The van der Waals surface area contributed by atoms with Gasteiger partial charge in [-0.05, 0) is 23.7 Å². The molecule has 10 heteroatoms. The van der Waals surface area contributed by atoms with Crippen LogP contribution >= 0.6 is 0 Å². The van der Waals surface area contributed by atoms with Gasteiger partial charge in [-0.15, -0.1) is 0 Å². The number of hydrogen-bond donors (Lipinski definition) is 0. The highest BCUT2D eigenvalue weighted by atomic mass is 16.7. The Morgan fingerprint density at radius 2 is 2.12 bits per heavy atom. The van der Waals surface area contributed by atoms with Gasteiger partial charge in [-0.25, -0.2) is 4.79 Å². The lowest BCUT2D eigenvalue weighted by atomic mass is 10.1. The molecule has 1 aromatic rings. The lowest BCUT2D eigenvalue weighted by Crippen LogP contribution is -2.38. The lowest BCUT2D eigenvalue weighted by molar-refractivity contribution is -0.384. The predicted octanol–water partition coefficient (Wildman–Crippen LogP) is 2.36. The van der Waals surface area contributed by atoms with Gasteiger partial charge >= 0.3 is 5.97 Å². The molecule has 1 aliphatic heterocycles. The van der Waals surface area contributed by atoms with Gasteiger partial charge in [0.25, 0.3) is 5.69 Å². The third kappa shape index (κ3) is 4.29. The molecule has 0 fully saturated rings. The van der Waals surface area contributed by atoms with Crippen molar-refractivity contribution in [1.82, 2.24) is 0 Å². The molecule has 0 N–H and O–H groups in total. The summed E-state index contributed by atoms with van der Waals surface area (Å²) in [4.78, 5) is 24.7. The summed E-state index contributed by atoms with van der Waals surface area (Å²) in [5.41, 5.74) is 8.60. The molecule has 1 aliphatic rings. The van der Waals surface area contributed by atoms with E-state index in [-0.39, 0.29) is 17.9 Å². The Morgan fingerprint density at radius 1 is 1.42 bits per heavy atom. The quantitative estimate of drug-likeness (QED) is 0.149. The van der Waals surface area contributed by atoms with Gasteiger partial charge in [-0.2, -0.15) is 0 Å². The molecule has 0 spiro atoms. The van der Waals surface area contributed by atoms with Crippen molar-refractivity contribution in [3.63, 3.8) is 0 Å². The molecule has 1 aromatic carbocycles. The van der Waals surface area contributed by atoms with Gasteiger partial charge < -0.3 is 14.2 Å². The van der Waals surface area contributed by atoms with Gasteiger partial charge in [-0.1, -0.05) is 11.2 Å². The first-order chi connectivity index (χ1) is 11.5. The number of nitro benzene ring substituents is 1. The van der Waals surface area contributed by atoms with Crippen LogP contribution in [0, 0.1) is 10.1 Å². The largest absolute Gasteiger partial charge is 0.459 e. The number of ether oxygens (including phenoxy) is 3. The number of nitro groups is 1. The molecule has 0 unspecified atom stereocenters. The highest BCUT2D eigenvalue weighted by molar-refractivity contribution is 5.89. The van der Waals surface area contributed by atoms with Gasteiger partial charge in [0.2, 0.25) is 0 Å². The average molecular weight is 334 g/mol. The molecule has 126 valence electrons. The molecule has 0 saturated heterocycles. The summed E-state index contributed by atoms with van der Waals surface area (Å²) >= 11 is 0. The van der Waals surface area contributed by atoms with Gasteiger partial charge in [0.15, 0.2) is 6.29 Å². The fourth-order valence-electron chi connectivity index (χ4n) is 2.03. The summed E-state index contributed by atoms with van der Waals surface area (Å²) < 4.78 is 15.7. The second kappa shape index (κ2) is 8.06. The monoisotopic (exact) mass is 334 g/mol. The van der Waals surface area contributed by atoms with E-state index in [0.29, 0.717) is 0 Å². The molecule has 0 radical (unpaired) electrons. The topological polar surface area (TPSA) is 137 Å². The molecule has 1 heterocycles. The van der Waals surface area contributed by atoms with Crippen molar-refractivity contribution in [2.45, 2.75) is 18.4 Å². The van der Waals surface area contributed by atoms with Gasteiger partial charge in [-0.3, -0.25) is 10.1 Å². The molecular weight excluding hydrogens is 320 g/mol. The molecule has 10 nitrogen and oxygen atoms in total. The Morgan fingerprint density at radius 3 is 2.71 bits per heavy atom. The minimum absolute atomic E-state index is 0.126. The molecule has 2 rings (SSSR count). The minimum Gasteiger partial charge on any atom is -0.459 e. The zero-order chi connectivity index (χ0) is 17.5. The maximum absolute atomic E-state index is 12.0. The number of azide groups is 1. The van der Waals surface area contributed by atoms with Gasteiger partial charge in [0.05, 0.1) is 16.5 Å². The summed E-state index contributed by atoms with van der Waals surface area (Å²) in [6.07, 6.45) is 1.88. The summed E-state index contributed by atoms with van der Waals surface area (Å²) in [6, 6.07) is 4.38. The SMILES string of the molecule is CO[C@@H]1C=C[C@@H](N=[N+]=[N-])[C@@H](COC(=O)c2ccc([N+](=O)[O-])cc2)O1. The zero-order valence-corrected chi connectivity index (χ0v) is 12.6. The lowest BCUT2D eigenvalue weighted by Gasteiger charge is -2.28. The number of esters is 1. The zero-order valence-electron chi connectivity index (χ0n) is 12.6. The number of nitrogens with zero attached hydrogens (tertiary/aromatic N) is 4. The minimum atomic E-state index is -0.696. The Hall–Kier alpha value is -2.94. The molecule has 24 heavy (non-hydrogen) atoms. The molecule has 0 amide bonds. The molecule has 3 atom stereocenters. The van der Waals surface area contributed by atoms with Crippen LogP contribution in [0.1, 0.15) is 10.4 Å². The molecule has 0 saturated carbocycles. The Labute approximate surface area is 136 Å². The first kappa shape index (κ1) is 17.4. The average Bonchev–Trinajstić information content (AvgIpc) is 2.60. The third-order valence-corrected chi connectivity index (χ3v) is 3.27. The van der Waals surface area contributed by atoms with Gasteiger partial charge in [0.1, 0.15) is 12.7 Å².